The summed E-state index contributed by atoms with van der Waals surface area (Å²) in [7, 11) is 0. The molecule has 0 bridgehead atoms. The number of benzene rings is 1. The molecule has 1 aromatic heterocycles. The number of anilines is 1. The number of halogens is 1. The smallest absolute Gasteiger partial charge is 0.184 e. The molecule has 0 spiro atoms. The van der Waals surface area contributed by atoms with Crippen LogP contribution in [0.25, 0.3) is 11.4 Å². The van der Waals surface area contributed by atoms with Crippen LogP contribution in [-0.2, 0) is 0 Å². The zero-order valence-corrected chi connectivity index (χ0v) is 7.94. The number of nitrogens with zero attached hydrogens (tertiary/aromatic N) is 3. The standard InChI is InChI=1S/C8H8ClN5/c9-5-1-2-7(10)6(3-5)8-13-12-4-14(8)11/h1-4H,10-11H2. The first kappa shape index (κ1) is 8.83. The highest BCUT2D eigenvalue weighted by atomic mass is 35.5. The van der Waals surface area contributed by atoms with Crippen LogP contribution in [0.3, 0.4) is 0 Å². The van der Waals surface area contributed by atoms with Crippen LogP contribution in [0.1, 0.15) is 0 Å². The Morgan fingerprint density at radius 2 is 2.14 bits per heavy atom. The highest BCUT2D eigenvalue weighted by molar-refractivity contribution is 6.31. The van der Waals surface area contributed by atoms with E-state index >= 15 is 0 Å². The number of rotatable bonds is 1. The summed E-state index contributed by atoms with van der Waals surface area (Å²) < 4.78 is 1.29. The van der Waals surface area contributed by atoms with E-state index in [2.05, 4.69) is 10.2 Å². The van der Waals surface area contributed by atoms with Gasteiger partial charge >= 0.3 is 0 Å². The zero-order chi connectivity index (χ0) is 10.1. The summed E-state index contributed by atoms with van der Waals surface area (Å²) in [5.41, 5.74) is 7.00. The van der Waals surface area contributed by atoms with Gasteiger partial charge in [-0.25, -0.2) is 4.68 Å². The Labute approximate surface area is 85.3 Å². The number of hydrogen-bond acceptors (Lipinski definition) is 4. The van der Waals surface area contributed by atoms with Gasteiger partial charge in [-0.15, -0.1) is 10.2 Å². The topological polar surface area (TPSA) is 82.8 Å². The lowest BCUT2D eigenvalue weighted by Gasteiger charge is -2.04. The lowest BCUT2D eigenvalue weighted by molar-refractivity contribution is 1.01. The Morgan fingerprint density at radius 1 is 1.36 bits per heavy atom. The Bertz CT molecular complexity index is 465. The van der Waals surface area contributed by atoms with Crippen molar-refractivity contribution in [1.29, 1.82) is 0 Å². The molecule has 2 rings (SSSR count). The molecule has 0 saturated heterocycles. The molecule has 0 unspecified atom stereocenters. The van der Waals surface area contributed by atoms with Crippen LogP contribution < -0.4 is 11.6 Å². The first-order valence-corrected chi connectivity index (χ1v) is 4.27. The van der Waals surface area contributed by atoms with Gasteiger partial charge in [0.25, 0.3) is 0 Å². The van der Waals surface area contributed by atoms with E-state index in [0.717, 1.165) is 0 Å². The first-order chi connectivity index (χ1) is 6.68. The molecule has 0 aliphatic rings. The quantitative estimate of drug-likeness (QED) is 0.540. The van der Waals surface area contributed by atoms with Crippen LogP contribution in [0, 0.1) is 0 Å². The maximum absolute atomic E-state index is 5.83. The van der Waals surface area contributed by atoms with Crippen molar-refractivity contribution in [2.24, 2.45) is 0 Å². The third kappa shape index (κ3) is 1.38. The minimum Gasteiger partial charge on any atom is -0.398 e. The summed E-state index contributed by atoms with van der Waals surface area (Å²) in [4.78, 5) is 0. The summed E-state index contributed by atoms with van der Waals surface area (Å²) in [5, 5.41) is 8.08. The zero-order valence-electron chi connectivity index (χ0n) is 7.18. The van der Waals surface area contributed by atoms with Crippen LogP contribution in [0.2, 0.25) is 5.02 Å². The highest BCUT2D eigenvalue weighted by Gasteiger charge is 2.09. The van der Waals surface area contributed by atoms with Crippen molar-refractivity contribution in [3.8, 4) is 11.4 Å². The van der Waals surface area contributed by atoms with E-state index in [4.69, 9.17) is 23.2 Å². The number of hydrogen-bond donors (Lipinski definition) is 2. The van der Waals surface area contributed by atoms with Crippen LogP contribution >= 0.6 is 11.6 Å². The monoisotopic (exact) mass is 209 g/mol. The molecular weight excluding hydrogens is 202 g/mol. The molecule has 2 aromatic rings. The minimum atomic E-state index is 0.491. The third-order valence-electron chi connectivity index (χ3n) is 1.83. The van der Waals surface area contributed by atoms with E-state index in [-0.39, 0.29) is 0 Å². The largest absolute Gasteiger partial charge is 0.398 e. The molecule has 0 aliphatic carbocycles. The predicted octanol–water partition coefficient (Wildman–Crippen LogP) is 0.895. The molecule has 0 radical (unpaired) electrons. The van der Waals surface area contributed by atoms with E-state index < -0.39 is 0 Å². The summed E-state index contributed by atoms with van der Waals surface area (Å²) in [6, 6.07) is 5.11. The summed E-state index contributed by atoms with van der Waals surface area (Å²) in [6.07, 6.45) is 1.40. The van der Waals surface area contributed by atoms with Crippen LogP contribution in [0.5, 0.6) is 0 Å². The van der Waals surface area contributed by atoms with Gasteiger partial charge in [0.1, 0.15) is 6.33 Å². The second kappa shape index (κ2) is 3.19. The van der Waals surface area contributed by atoms with Crippen molar-refractivity contribution in [3.05, 3.63) is 29.5 Å². The second-order valence-corrected chi connectivity index (χ2v) is 3.23. The fraction of sp³-hybridized carbons (Fsp3) is 0. The normalized spacial score (nSPS) is 10.4. The van der Waals surface area contributed by atoms with Crippen LogP contribution in [0.15, 0.2) is 24.5 Å². The molecule has 5 nitrogen and oxygen atoms in total. The highest BCUT2D eigenvalue weighted by Crippen LogP contribution is 2.26. The summed E-state index contributed by atoms with van der Waals surface area (Å²) >= 11 is 5.83. The minimum absolute atomic E-state index is 0.491. The van der Waals surface area contributed by atoms with Gasteiger partial charge in [-0.1, -0.05) is 11.6 Å². The van der Waals surface area contributed by atoms with Crippen molar-refractivity contribution in [3.63, 3.8) is 0 Å². The van der Waals surface area contributed by atoms with E-state index in [9.17, 15) is 0 Å². The van der Waals surface area contributed by atoms with Crippen molar-refractivity contribution >= 4 is 17.3 Å². The molecule has 0 saturated carbocycles. The fourth-order valence-corrected chi connectivity index (χ4v) is 1.33. The number of aromatic nitrogens is 3. The first-order valence-electron chi connectivity index (χ1n) is 3.89. The lowest BCUT2D eigenvalue weighted by atomic mass is 10.2. The molecule has 0 amide bonds. The average molecular weight is 210 g/mol. The summed E-state index contributed by atoms with van der Waals surface area (Å²) in [6.45, 7) is 0. The lowest BCUT2D eigenvalue weighted by Crippen LogP contribution is -2.09. The van der Waals surface area contributed by atoms with E-state index in [0.29, 0.717) is 22.1 Å². The molecule has 1 aromatic carbocycles. The molecule has 72 valence electrons. The van der Waals surface area contributed by atoms with Gasteiger partial charge in [-0.3, -0.25) is 0 Å². The van der Waals surface area contributed by atoms with Crippen LogP contribution in [-0.4, -0.2) is 14.9 Å². The Hall–Kier alpha value is -1.75. The average Bonchev–Trinajstić information content (AvgIpc) is 2.56. The predicted molar refractivity (Wildman–Crippen MR) is 55.0 cm³/mol. The molecule has 14 heavy (non-hydrogen) atoms. The van der Waals surface area contributed by atoms with E-state index in [1.54, 1.807) is 18.2 Å². The van der Waals surface area contributed by atoms with Crippen LogP contribution in [0.4, 0.5) is 5.69 Å². The van der Waals surface area contributed by atoms with Gasteiger partial charge in [0, 0.05) is 16.3 Å². The maximum atomic E-state index is 5.83. The van der Waals surface area contributed by atoms with Crippen molar-refractivity contribution in [2.45, 2.75) is 0 Å². The van der Waals surface area contributed by atoms with Gasteiger partial charge in [-0.05, 0) is 18.2 Å². The molecule has 0 aliphatic heterocycles. The molecule has 0 atom stereocenters. The number of nitrogen functional groups attached to an aromatic ring is 2. The Morgan fingerprint density at radius 3 is 2.79 bits per heavy atom. The fourth-order valence-electron chi connectivity index (χ4n) is 1.16. The third-order valence-corrected chi connectivity index (χ3v) is 2.06. The summed E-state index contributed by atoms with van der Waals surface area (Å²) in [5.74, 6) is 6.08. The maximum Gasteiger partial charge on any atom is 0.184 e. The van der Waals surface area contributed by atoms with Gasteiger partial charge in [-0.2, -0.15) is 0 Å². The van der Waals surface area contributed by atoms with Gasteiger partial charge < -0.3 is 11.6 Å². The molecule has 4 N–H and O–H groups in total. The SMILES string of the molecule is Nc1ccc(Cl)cc1-c1nncn1N. The van der Waals surface area contributed by atoms with E-state index in [1.807, 2.05) is 0 Å². The number of nitrogens with two attached hydrogens (primary N) is 2. The van der Waals surface area contributed by atoms with E-state index in [1.165, 1.54) is 11.0 Å². The molecule has 6 heteroatoms. The van der Waals surface area contributed by atoms with Gasteiger partial charge in [0.2, 0.25) is 0 Å². The molecule has 1 heterocycles. The molecular formula is C8H8ClN5. The Kier molecular flexibility index (Phi) is 2.01. The van der Waals surface area contributed by atoms with Crippen molar-refractivity contribution in [2.75, 3.05) is 11.6 Å². The van der Waals surface area contributed by atoms with Crippen molar-refractivity contribution in [1.82, 2.24) is 14.9 Å². The second-order valence-electron chi connectivity index (χ2n) is 2.79. The van der Waals surface area contributed by atoms with Crippen molar-refractivity contribution < 1.29 is 0 Å². The van der Waals surface area contributed by atoms with Gasteiger partial charge in [0.05, 0.1) is 0 Å². The Balaban J connectivity index is 2.62. The van der Waals surface area contributed by atoms with Gasteiger partial charge in [0.15, 0.2) is 5.82 Å². The molecule has 0 fully saturated rings.